The summed E-state index contributed by atoms with van der Waals surface area (Å²) >= 11 is 0. The molecule has 31 heavy (non-hydrogen) atoms. The number of hydrogen-bond donors (Lipinski definition) is 3. The van der Waals surface area contributed by atoms with Gasteiger partial charge in [-0.05, 0) is 56.7 Å². The van der Waals surface area contributed by atoms with E-state index >= 15 is 0 Å². The van der Waals surface area contributed by atoms with Gasteiger partial charge in [0.25, 0.3) is 5.69 Å². The van der Waals surface area contributed by atoms with Crippen LogP contribution >= 0.6 is 0 Å². The first kappa shape index (κ1) is 22.9. The maximum Gasteiger partial charge on any atom is 0.334 e. The predicted molar refractivity (Wildman–Crippen MR) is 115 cm³/mol. The summed E-state index contributed by atoms with van der Waals surface area (Å²) in [6.07, 6.45) is 4.55. The quantitative estimate of drug-likeness (QED) is 0.461. The first-order valence-corrected chi connectivity index (χ1v) is 11.9. The van der Waals surface area contributed by atoms with E-state index in [2.05, 4.69) is 15.6 Å². The molecule has 0 atom stereocenters. The highest BCUT2D eigenvalue weighted by molar-refractivity contribution is 7.89. The minimum absolute atomic E-state index is 0.183. The molecule has 1 aromatic carbocycles. The summed E-state index contributed by atoms with van der Waals surface area (Å²) in [6, 6.07) is 12.0. The molecule has 0 aliphatic heterocycles. The topological polar surface area (TPSA) is 108 Å². The van der Waals surface area contributed by atoms with Crippen LogP contribution in [-0.2, 0) is 21.9 Å². The number of benzene rings is 1. The van der Waals surface area contributed by atoms with Crippen molar-refractivity contribution in [2.24, 2.45) is 18.9 Å². The van der Waals surface area contributed by atoms with Crippen LogP contribution in [0.4, 0.5) is 0 Å². The van der Waals surface area contributed by atoms with Crippen molar-refractivity contribution in [3.8, 4) is 0 Å². The number of amides is 2. The van der Waals surface area contributed by atoms with E-state index in [-0.39, 0.29) is 28.5 Å². The van der Waals surface area contributed by atoms with Gasteiger partial charge in [0.1, 0.15) is 7.05 Å². The Kier molecular flexibility index (Phi) is 7.40. The highest BCUT2D eigenvalue weighted by Crippen LogP contribution is 2.28. The molecule has 1 aliphatic rings. The van der Waals surface area contributed by atoms with Gasteiger partial charge in [0.2, 0.25) is 15.9 Å². The van der Waals surface area contributed by atoms with Crippen molar-refractivity contribution in [1.82, 2.24) is 15.6 Å². The molecule has 8 nitrogen and oxygen atoms in total. The summed E-state index contributed by atoms with van der Waals surface area (Å²) in [5.41, 5.74) is 6.42. The number of hydrazine groups is 1. The number of carbonyl (C=O) groups excluding carboxylic acids is 2. The normalized spacial score (nSPS) is 18.9. The summed E-state index contributed by atoms with van der Waals surface area (Å²) < 4.78 is 29.2. The van der Waals surface area contributed by atoms with Crippen LogP contribution < -0.4 is 20.1 Å². The van der Waals surface area contributed by atoms with Crippen molar-refractivity contribution in [3.05, 3.63) is 59.9 Å². The van der Waals surface area contributed by atoms with Crippen LogP contribution in [0.15, 0.2) is 53.6 Å². The number of aromatic nitrogens is 1. The van der Waals surface area contributed by atoms with Gasteiger partial charge in [0, 0.05) is 24.6 Å². The number of carbonyl (C=O) groups is 2. The Morgan fingerprint density at radius 1 is 1.00 bits per heavy atom. The lowest BCUT2D eigenvalue weighted by Crippen LogP contribution is -2.49. The van der Waals surface area contributed by atoms with Crippen LogP contribution in [0.2, 0.25) is 0 Å². The molecule has 9 heteroatoms. The standard InChI is InChI=1S/C22H28N4O4S/c1-16-6-12-19(13-7-16)31(29,30)23-15-17-8-10-18(11-9-17)21(27)24-25-22(28)20-5-3-4-14-26(20)2/h3-7,12-14,17-18,23,28H,8-11,15H2,1-2H3/p+1. The van der Waals surface area contributed by atoms with Gasteiger partial charge in [0.05, 0.1) is 4.90 Å². The molecule has 1 aromatic heterocycles. The Morgan fingerprint density at radius 3 is 2.32 bits per heavy atom. The molecule has 1 saturated carbocycles. The smallest absolute Gasteiger partial charge is 0.273 e. The van der Waals surface area contributed by atoms with E-state index in [4.69, 9.17) is 0 Å². The van der Waals surface area contributed by atoms with Gasteiger partial charge in [-0.2, -0.15) is 4.57 Å². The minimum Gasteiger partial charge on any atom is -0.273 e. The van der Waals surface area contributed by atoms with E-state index < -0.39 is 10.0 Å². The van der Waals surface area contributed by atoms with E-state index in [1.165, 1.54) is 0 Å². The van der Waals surface area contributed by atoms with Gasteiger partial charge >= 0.3 is 5.91 Å². The molecular weight excluding hydrogens is 416 g/mol. The van der Waals surface area contributed by atoms with Crippen molar-refractivity contribution in [2.45, 2.75) is 37.5 Å². The van der Waals surface area contributed by atoms with Gasteiger partial charge < -0.3 is 0 Å². The monoisotopic (exact) mass is 445 g/mol. The number of aryl methyl sites for hydroxylation is 2. The van der Waals surface area contributed by atoms with Crippen molar-refractivity contribution in [3.63, 3.8) is 0 Å². The molecule has 0 saturated heterocycles. The third-order valence-electron chi connectivity index (χ3n) is 5.70. The van der Waals surface area contributed by atoms with Gasteiger partial charge in [-0.1, -0.05) is 17.7 Å². The SMILES string of the molecule is Cc1ccc(S(=O)(=O)NCC2CCC(C(=O)NNC(=O)c3cccc[n+]3C)CC2)cc1. The summed E-state index contributed by atoms with van der Waals surface area (Å²) in [5, 5.41) is 0. The average molecular weight is 446 g/mol. The molecule has 3 rings (SSSR count). The average Bonchev–Trinajstić information content (AvgIpc) is 2.77. The van der Waals surface area contributed by atoms with Crippen molar-refractivity contribution in [1.29, 1.82) is 0 Å². The fourth-order valence-corrected chi connectivity index (χ4v) is 4.82. The van der Waals surface area contributed by atoms with Gasteiger partial charge in [-0.3, -0.25) is 20.4 Å². The Balaban J connectivity index is 1.43. The highest BCUT2D eigenvalue weighted by Gasteiger charge is 2.28. The van der Waals surface area contributed by atoms with Crippen LogP contribution in [0.1, 0.15) is 41.7 Å². The third kappa shape index (κ3) is 6.11. The third-order valence-corrected chi connectivity index (χ3v) is 7.14. The van der Waals surface area contributed by atoms with Crippen LogP contribution in [-0.4, -0.2) is 26.8 Å². The largest absolute Gasteiger partial charge is 0.334 e. The lowest BCUT2D eigenvalue weighted by Gasteiger charge is -2.27. The molecule has 2 amide bonds. The number of rotatable bonds is 6. The zero-order chi connectivity index (χ0) is 22.4. The molecule has 1 aliphatic carbocycles. The fourth-order valence-electron chi connectivity index (χ4n) is 3.70. The fraction of sp³-hybridized carbons (Fsp3) is 0.409. The summed E-state index contributed by atoms with van der Waals surface area (Å²) in [5.74, 6) is -0.613. The number of sulfonamides is 1. The molecule has 0 radical (unpaired) electrons. The minimum atomic E-state index is -3.53. The zero-order valence-electron chi connectivity index (χ0n) is 17.8. The van der Waals surface area contributed by atoms with Crippen LogP contribution in [0.25, 0.3) is 0 Å². The maximum atomic E-state index is 12.4. The van der Waals surface area contributed by atoms with Gasteiger partial charge in [-0.25, -0.2) is 13.1 Å². The molecule has 166 valence electrons. The number of pyridine rings is 1. The van der Waals surface area contributed by atoms with E-state index in [0.717, 1.165) is 18.4 Å². The van der Waals surface area contributed by atoms with Gasteiger partial charge in [0.15, 0.2) is 6.20 Å². The Hall–Kier alpha value is -2.78. The summed E-state index contributed by atoms with van der Waals surface area (Å²) in [4.78, 5) is 24.9. The van der Waals surface area contributed by atoms with Crippen molar-refractivity contribution < 1.29 is 22.6 Å². The zero-order valence-corrected chi connectivity index (χ0v) is 18.6. The van der Waals surface area contributed by atoms with E-state index in [9.17, 15) is 18.0 Å². The van der Waals surface area contributed by atoms with Crippen LogP contribution in [0.3, 0.4) is 0 Å². The molecule has 1 fully saturated rings. The van der Waals surface area contributed by atoms with E-state index in [0.29, 0.717) is 25.1 Å². The van der Waals surface area contributed by atoms with Crippen molar-refractivity contribution in [2.75, 3.05) is 6.54 Å². The maximum absolute atomic E-state index is 12.4. The predicted octanol–water partition coefficient (Wildman–Crippen LogP) is 1.37. The second kappa shape index (κ2) is 10.0. The second-order valence-corrected chi connectivity index (χ2v) is 9.79. The van der Waals surface area contributed by atoms with Gasteiger partial charge in [-0.15, -0.1) is 0 Å². The van der Waals surface area contributed by atoms with Crippen LogP contribution in [0, 0.1) is 18.8 Å². The lowest BCUT2D eigenvalue weighted by atomic mass is 9.82. The lowest BCUT2D eigenvalue weighted by molar-refractivity contribution is -0.673. The van der Waals surface area contributed by atoms with Crippen molar-refractivity contribution >= 4 is 21.8 Å². The number of nitrogens with zero attached hydrogens (tertiary/aromatic N) is 1. The molecule has 2 aromatic rings. The Morgan fingerprint density at radius 2 is 1.68 bits per heavy atom. The second-order valence-electron chi connectivity index (χ2n) is 8.02. The summed E-state index contributed by atoms with van der Waals surface area (Å²) in [6.45, 7) is 2.26. The Bertz CT molecular complexity index is 1030. The summed E-state index contributed by atoms with van der Waals surface area (Å²) in [7, 11) is -1.78. The molecule has 0 spiro atoms. The van der Waals surface area contributed by atoms with E-state index in [1.807, 2.05) is 13.0 Å². The Labute approximate surface area is 183 Å². The molecule has 0 unspecified atom stereocenters. The van der Waals surface area contributed by atoms with Crippen LogP contribution in [0.5, 0.6) is 0 Å². The number of hydrogen-bond acceptors (Lipinski definition) is 4. The molecule has 3 N–H and O–H groups in total. The first-order chi connectivity index (χ1) is 14.8. The highest BCUT2D eigenvalue weighted by atomic mass is 32.2. The molecular formula is C22H29N4O4S+. The molecule has 1 heterocycles. The van der Waals surface area contributed by atoms with E-state index in [1.54, 1.807) is 54.2 Å². The molecule has 0 bridgehead atoms. The number of nitrogens with one attached hydrogen (secondary N) is 3. The first-order valence-electron chi connectivity index (χ1n) is 10.4.